The molecule has 0 bridgehead atoms. The third-order valence-electron chi connectivity index (χ3n) is 5.47. The number of pyridine rings is 2. The number of fused-ring (bicyclic) bond motifs is 3. The summed E-state index contributed by atoms with van der Waals surface area (Å²) in [5.41, 5.74) is 7.93. The van der Waals surface area contributed by atoms with Gasteiger partial charge in [-0.05, 0) is 60.7 Å². The molecule has 0 aliphatic heterocycles. The second kappa shape index (κ2) is 7.02. The van der Waals surface area contributed by atoms with Crippen molar-refractivity contribution >= 4 is 5.97 Å². The smallest absolute Gasteiger partial charge is 0.354 e. The maximum absolute atomic E-state index is 11.5. The van der Waals surface area contributed by atoms with Gasteiger partial charge in [-0.15, -0.1) is 0 Å². The van der Waals surface area contributed by atoms with Crippen LogP contribution in [-0.2, 0) is 12.8 Å². The van der Waals surface area contributed by atoms with E-state index in [-0.39, 0.29) is 5.69 Å². The zero-order chi connectivity index (χ0) is 19.8. The minimum absolute atomic E-state index is 0.0413. The highest BCUT2D eigenvalue weighted by molar-refractivity contribution is 5.86. The summed E-state index contributed by atoms with van der Waals surface area (Å²) in [6.07, 6.45) is 8.11. The summed E-state index contributed by atoms with van der Waals surface area (Å²) < 4.78 is 2.18. The highest BCUT2D eigenvalue weighted by atomic mass is 16.4. The van der Waals surface area contributed by atoms with Crippen LogP contribution in [0.4, 0.5) is 0 Å². The Morgan fingerprint density at radius 2 is 1.76 bits per heavy atom. The molecule has 0 atom stereocenters. The second-order valence-corrected chi connectivity index (χ2v) is 7.18. The molecule has 0 amide bonds. The standard InChI is InChI=1S/C24H19N3O2/c28-24(29)21-14-18(10-13-26-21)27-22-7-3-5-16-4-1-2-6-19(16)20(22)15-23(27)17-8-11-25-12-9-17/h1-2,4,6,8-15H,3,5,7H2,(H,28,29). The Morgan fingerprint density at radius 1 is 0.931 bits per heavy atom. The molecule has 5 rings (SSSR count). The highest BCUT2D eigenvalue weighted by Crippen LogP contribution is 2.39. The molecule has 0 spiro atoms. The zero-order valence-electron chi connectivity index (χ0n) is 15.7. The Morgan fingerprint density at radius 3 is 2.59 bits per heavy atom. The van der Waals surface area contributed by atoms with Crippen LogP contribution in [0.15, 0.2) is 73.2 Å². The average Bonchev–Trinajstić information content (AvgIpc) is 3.04. The minimum Gasteiger partial charge on any atom is -0.477 e. The van der Waals surface area contributed by atoms with Crippen molar-refractivity contribution in [3.8, 4) is 28.1 Å². The number of nitrogens with zero attached hydrogens (tertiary/aromatic N) is 3. The first-order valence-electron chi connectivity index (χ1n) is 9.65. The fourth-order valence-electron chi connectivity index (χ4n) is 4.18. The van der Waals surface area contributed by atoms with Crippen LogP contribution in [0, 0.1) is 0 Å². The van der Waals surface area contributed by atoms with Crippen LogP contribution in [0.1, 0.15) is 28.2 Å². The maximum atomic E-state index is 11.5. The molecule has 3 aromatic heterocycles. The van der Waals surface area contributed by atoms with Crippen LogP contribution >= 0.6 is 0 Å². The predicted octanol–water partition coefficient (Wildman–Crippen LogP) is 4.79. The van der Waals surface area contributed by atoms with E-state index in [0.29, 0.717) is 0 Å². The molecule has 142 valence electrons. The van der Waals surface area contributed by atoms with Crippen LogP contribution in [0.25, 0.3) is 28.1 Å². The van der Waals surface area contributed by atoms with E-state index in [1.807, 2.05) is 18.2 Å². The summed E-state index contributed by atoms with van der Waals surface area (Å²) >= 11 is 0. The van der Waals surface area contributed by atoms with E-state index < -0.39 is 5.97 Å². The van der Waals surface area contributed by atoms with Crippen molar-refractivity contribution in [1.29, 1.82) is 0 Å². The number of hydrogen-bond donors (Lipinski definition) is 1. The number of aryl methyl sites for hydroxylation is 1. The van der Waals surface area contributed by atoms with Gasteiger partial charge in [0.2, 0.25) is 0 Å². The van der Waals surface area contributed by atoms with Crippen LogP contribution in [0.2, 0.25) is 0 Å². The fourth-order valence-corrected chi connectivity index (χ4v) is 4.18. The summed E-state index contributed by atoms with van der Waals surface area (Å²) in [6.45, 7) is 0. The van der Waals surface area contributed by atoms with E-state index in [2.05, 4.69) is 44.9 Å². The lowest BCUT2D eigenvalue weighted by atomic mass is 10.00. The quantitative estimate of drug-likeness (QED) is 0.554. The van der Waals surface area contributed by atoms with E-state index >= 15 is 0 Å². The number of hydrogen-bond acceptors (Lipinski definition) is 3. The molecule has 0 saturated carbocycles. The van der Waals surface area contributed by atoms with Crippen LogP contribution < -0.4 is 0 Å². The van der Waals surface area contributed by atoms with Crippen molar-refractivity contribution in [2.24, 2.45) is 0 Å². The molecule has 1 N–H and O–H groups in total. The van der Waals surface area contributed by atoms with Gasteiger partial charge in [-0.25, -0.2) is 9.78 Å². The number of aromatic nitrogens is 3. The SMILES string of the molecule is O=C(O)c1cc(-n2c(-c3ccncc3)cc3c2CCCc2ccccc2-3)ccn1. The van der Waals surface area contributed by atoms with E-state index in [1.54, 1.807) is 24.7 Å². The molecule has 0 unspecified atom stereocenters. The van der Waals surface area contributed by atoms with Crippen molar-refractivity contribution in [3.63, 3.8) is 0 Å². The van der Waals surface area contributed by atoms with E-state index in [0.717, 1.165) is 36.2 Å². The largest absolute Gasteiger partial charge is 0.477 e. The van der Waals surface area contributed by atoms with Gasteiger partial charge in [0.25, 0.3) is 0 Å². The number of carboxylic acids is 1. The third-order valence-corrected chi connectivity index (χ3v) is 5.47. The molecular formula is C24H19N3O2. The lowest BCUT2D eigenvalue weighted by molar-refractivity contribution is 0.0690. The fraction of sp³-hybridized carbons (Fsp3) is 0.125. The third kappa shape index (κ3) is 3.01. The van der Waals surface area contributed by atoms with Gasteiger partial charge < -0.3 is 9.67 Å². The summed E-state index contributed by atoms with van der Waals surface area (Å²) in [5, 5.41) is 9.43. The zero-order valence-corrected chi connectivity index (χ0v) is 15.7. The van der Waals surface area contributed by atoms with Crippen molar-refractivity contribution in [1.82, 2.24) is 14.5 Å². The molecule has 5 nitrogen and oxygen atoms in total. The summed E-state index contributed by atoms with van der Waals surface area (Å²) in [6, 6.07) is 18.2. The molecule has 1 aliphatic carbocycles. The van der Waals surface area contributed by atoms with Crippen LogP contribution in [-0.4, -0.2) is 25.6 Å². The Bertz CT molecular complexity index is 1210. The number of carbonyl (C=O) groups is 1. The molecular weight excluding hydrogens is 362 g/mol. The number of carboxylic acid groups (broad SMARTS) is 1. The van der Waals surface area contributed by atoms with Crippen molar-refractivity contribution in [3.05, 3.63) is 90.1 Å². The highest BCUT2D eigenvalue weighted by Gasteiger charge is 2.23. The van der Waals surface area contributed by atoms with Gasteiger partial charge in [0.15, 0.2) is 0 Å². The Labute approximate surface area is 168 Å². The van der Waals surface area contributed by atoms with Gasteiger partial charge in [-0.2, -0.15) is 0 Å². The maximum Gasteiger partial charge on any atom is 0.354 e. The molecule has 0 fully saturated rings. The minimum atomic E-state index is -1.03. The summed E-state index contributed by atoms with van der Waals surface area (Å²) in [4.78, 5) is 19.6. The van der Waals surface area contributed by atoms with Gasteiger partial charge in [-0.1, -0.05) is 24.3 Å². The van der Waals surface area contributed by atoms with Crippen LogP contribution in [0.5, 0.6) is 0 Å². The van der Waals surface area contributed by atoms with Crippen LogP contribution in [0.3, 0.4) is 0 Å². The van der Waals surface area contributed by atoms with Crippen molar-refractivity contribution in [2.75, 3.05) is 0 Å². The number of benzene rings is 1. The molecule has 1 aliphatic rings. The molecule has 0 saturated heterocycles. The summed E-state index contributed by atoms with van der Waals surface area (Å²) in [5.74, 6) is -1.03. The molecule has 4 aromatic rings. The van der Waals surface area contributed by atoms with Crippen molar-refractivity contribution < 1.29 is 9.90 Å². The normalized spacial score (nSPS) is 12.7. The Hall–Kier alpha value is -3.73. The second-order valence-electron chi connectivity index (χ2n) is 7.18. The van der Waals surface area contributed by atoms with E-state index in [9.17, 15) is 9.90 Å². The van der Waals surface area contributed by atoms with Gasteiger partial charge in [0.05, 0.1) is 5.69 Å². The number of rotatable bonds is 3. The Kier molecular flexibility index (Phi) is 4.21. The first-order valence-corrected chi connectivity index (χ1v) is 9.65. The first-order chi connectivity index (χ1) is 14.2. The van der Waals surface area contributed by atoms with Gasteiger partial charge in [0, 0.05) is 41.1 Å². The average molecular weight is 381 g/mol. The molecule has 0 radical (unpaired) electrons. The van der Waals surface area contributed by atoms with E-state index in [1.165, 1.54) is 22.4 Å². The first kappa shape index (κ1) is 17.4. The van der Waals surface area contributed by atoms with E-state index in [4.69, 9.17) is 0 Å². The molecule has 3 heterocycles. The van der Waals surface area contributed by atoms with Gasteiger partial charge >= 0.3 is 5.97 Å². The molecule has 5 heteroatoms. The van der Waals surface area contributed by atoms with Gasteiger partial charge in [0.1, 0.15) is 5.69 Å². The molecule has 29 heavy (non-hydrogen) atoms. The monoisotopic (exact) mass is 381 g/mol. The molecule has 1 aromatic carbocycles. The lowest BCUT2D eigenvalue weighted by Crippen LogP contribution is -2.06. The summed E-state index contributed by atoms with van der Waals surface area (Å²) in [7, 11) is 0. The number of aromatic carboxylic acids is 1. The lowest BCUT2D eigenvalue weighted by Gasteiger charge is -2.14. The van der Waals surface area contributed by atoms with Crippen molar-refractivity contribution in [2.45, 2.75) is 19.3 Å². The Balaban J connectivity index is 1.81. The van der Waals surface area contributed by atoms with Gasteiger partial charge in [-0.3, -0.25) is 4.98 Å². The topological polar surface area (TPSA) is 68.0 Å². The predicted molar refractivity (Wildman–Crippen MR) is 111 cm³/mol.